The van der Waals surface area contributed by atoms with Crippen molar-refractivity contribution in [3.05, 3.63) is 108 Å². The predicted octanol–water partition coefficient (Wildman–Crippen LogP) is 4.72. The first-order valence-corrected chi connectivity index (χ1v) is 19.5. The second-order valence-corrected chi connectivity index (χ2v) is 16.1. The van der Waals surface area contributed by atoms with E-state index in [9.17, 15) is 33.9 Å². The molecule has 0 saturated carbocycles. The molecule has 3 rings (SSSR count). The van der Waals surface area contributed by atoms with Crippen molar-refractivity contribution in [2.24, 2.45) is 11.8 Å². The van der Waals surface area contributed by atoms with Gasteiger partial charge >= 0.3 is 12.1 Å². The van der Waals surface area contributed by atoms with Gasteiger partial charge in [-0.25, -0.2) is 9.59 Å². The molecule has 0 saturated heterocycles. The van der Waals surface area contributed by atoms with Gasteiger partial charge in [0.05, 0.1) is 0 Å². The average Bonchev–Trinajstić information content (AvgIpc) is 3.13. The van der Waals surface area contributed by atoms with Gasteiger partial charge < -0.3 is 36.4 Å². The van der Waals surface area contributed by atoms with E-state index < -0.39 is 71.5 Å². The molecular formula is C44H59N5O8. The number of amides is 5. The Morgan fingerprint density at radius 3 is 1.12 bits per heavy atom. The number of benzene rings is 3. The van der Waals surface area contributed by atoms with Crippen LogP contribution in [0.4, 0.5) is 4.79 Å². The van der Waals surface area contributed by atoms with E-state index in [1.165, 1.54) is 0 Å². The molecule has 5 atom stereocenters. The summed E-state index contributed by atoms with van der Waals surface area (Å²) in [4.78, 5) is 80.9. The van der Waals surface area contributed by atoms with Crippen molar-refractivity contribution < 1.29 is 38.6 Å². The van der Waals surface area contributed by atoms with Crippen LogP contribution in [0.2, 0.25) is 0 Å². The summed E-state index contributed by atoms with van der Waals surface area (Å²) in [7, 11) is 0. The molecule has 0 bridgehead atoms. The molecule has 5 unspecified atom stereocenters. The molecule has 308 valence electrons. The van der Waals surface area contributed by atoms with Gasteiger partial charge in [0.2, 0.25) is 23.6 Å². The molecule has 57 heavy (non-hydrogen) atoms. The lowest BCUT2D eigenvalue weighted by atomic mass is 9.98. The van der Waals surface area contributed by atoms with Crippen LogP contribution in [-0.4, -0.2) is 76.6 Å². The number of hydrogen-bond donors (Lipinski definition) is 6. The smallest absolute Gasteiger partial charge is 0.408 e. The highest BCUT2D eigenvalue weighted by Gasteiger charge is 2.34. The summed E-state index contributed by atoms with van der Waals surface area (Å²) in [5, 5.41) is 23.6. The zero-order valence-corrected chi connectivity index (χ0v) is 34.0. The Hall–Kier alpha value is -5.72. The summed E-state index contributed by atoms with van der Waals surface area (Å²) in [6, 6.07) is 21.3. The van der Waals surface area contributed by atoms with Gasteiger partial charge in [0, 0.05) is 19.3 Å². The number of rotatable bonds is 20. The highest BCUT2D eigenvalue weighted by atomic mass is 16.6. The van der Waals surface area contributed by atoms with Gasteiger partial charge in [-0.05, 0) is 62.1 Å². The number of carbonyl (C=O) groups is 6. The van der Waals surface area contributed by atoms with E-state index >= 15 is 0 Å². The van der Waals surface area contributed by atoms with E-state index in [0.717, 1.165) is 16.7 Å². The number of carboxylic acids is 1. The lowest BCUT2D eigenvalue weighted by Crippen LogP contribution is -2.60. The first-order chi connectivity index (χ1) is 26.9. The fraction of sp³-hybridized carbons (Fsp3) is 0.455. The molecule has 0 aliphatic heterocycles. The summed E-state index contributed by atoms with van der Waals surface area (Å²) in [6.07, 6.45) is -0.177. The normalized spacial score (nSPS) is 14.0. The predicted molar refractivity (Wildman–Crippen MR) is 218 cm³/mol. The molecule has 3 aromatic carbocycles. The van der Waals surface area contributed by atoms with Crippen LogP contribution < -0.4 is 26.6 Å². The number of ether oxygens (including phenoxy) is 1. The zero-order valence-electron chi connectivity index (χ0n) is 34.0. The Balaban J connectivity index is 1.87. The maximum atomic E-state index is 14.1. The molecule has 0 aromatic heterocycles. The number of carbonyl (C=O) groups excluding carboxylic acids is 5. The van der Waals surface area contributed by atoms with E-state index in [1.807, 2.05) is 70.2 Å². The van der Waals surface area contributed by atoms with Crippen LogP contribution >= 0.6 is 0 Å². The first kappa shape index (κ1) is 45.7. The van der Waals surface area contributed by atoms with Crippen molar-refractivity contribution in [1.29, 1.82) is 0 Å². The Kier molecular flexibility index (Phi) is 17.7. The minimum absolute atomic E-state index is 0.0411. The summed E-state index contributed by atoms with van der Waals surface area (Å²) in [5.74, 6) is -3.94. The van der Waals surface area contributed by atoms with Gasteiger partial charge in [-0.1, -0.05) is 119 Å². The third-order valence-corrected chi connectivity index (χ3v) is 8.78. The molecule has 3 aromatic rings. The summed E-state index contributed by atoms with van der Waals surface area (Å²) < 4.78 is 5.43. The van der Waals surface area contributed by atoms with Crippen LogP contribution in [0.1, 0.15) is 78.0 Å². The third kappa shape index (κ3) is 16.9. The van der Waals surface area contributed by atoms with E-state index in [2.05, 4.69) is 26.6 Å². The monoisotopic (exact) mass is 785 g/mol. The van der Waals surface area contributed by atoms with Gasteiger partial charge in [-0.3, -0.25) is 19.2 Å². The highest BCUT2D eigenvalue weighted by molar-refractivity contribution is 5.96. The second kappa shape index (κ2) is 22.1. The lowest BCUT2D eigenvalue weighted by Gasteiger charge is -2.28. The van der Waals surface area contributed by atoms with Gasteiger partial charge in [-0.15, -0.1) is 0 Å². The van der Waals surface area contributed by atoms with Crippen LogP contribution in [0.15, 0.2) is 91.0 Å². The number of aliphatic carboxylic acids is 1. The zero-order chi connectivity index (χ0) is 42.1. The van der Waals surface area contributed by atoms with Gasteiger partial charge in [0.1, 0.15) is 35.8 Å². The Labute approximate surface area is 336 Å². The molecule has 6 N–H and O–H groups in total. The Bertz CT molecular complexity index is 1760. The van der Waals surface area contributed by atoms with Crippen LogP contribution in [0, 0.1) is 11.8 Å². The minimum atomic E-state index is -1.25. The topological polar surface area (TPSA) is 192 Å². The minimum Gasteiger partial charge on any atom is -0.480 e. The molecule has 13 nitrogen and oxygen atoms in total. The fourth-order valence-corrected chi connectivity index (χ4v) is 6.11. The number of alkyl carbamates (subject to hydrolysis) is 1. The summed E-state index contributed by atoms with van der Waals surface area (Å²) in [5.41, 5.74) is 1.40. The molecule has 0 heterocycles. The molecule has 0 spiro atoms. The Morgan fingerprint density at radius 1 is 0.491 bits per heavy atom. The van der Waals surface area contributed by atoms with Crippen molar-refractivity contribution in [1.82, 2.24) is 26.6 Å². The number of nitrogens with one attached hydrogen (secondary N) is 5. The fourth-order valence-electron chi connectivity index (χ4n) is 6.11. The molecule has 0 aliphatic carbocycles. The van der Waals surface area contributed by atoms with Gasteiger partial charge in [0.15, 0.2) is 0 Å². The first-order valence-electron chi connectivity index (χ1n) is 19.5. The van der Waals surface area contributed by atoms with Crippen LogP contribution in [0.3, 0.4) is 0 Å². The van der Waals surface area contributed by atoms with Crippen molar-refractivity contribution in [2.45, 2.75) is 116 Å². The quantitative estimate of drug-likeness (QED) is 0.0948. The Morgan fingerprint density at radius 2 is 0.789 bits per heavy atom. The number of hydrogen-bond acceptors (Lipinski definition) is 7. The highest BCUT2D eigenvalue weighted by Crippen LogP contribution is 2.13. The van der Waals surface area contributed by atoms with E-state index in [4.69, 9.17) is 4.74 Å². The van der Waals surface area contributed by atoms with Crippen molar-refractivity contribution in [3.8, 4) is 0 Å². The van der Waals surface area contributed by atoms with Crippen LogP contribution in [-0.2, 0) is 48.0 Å². The van der Waals surface area contributed by atoms with E-state index in [1.54, 1.807) is 69.3 Å². The summed E-state index contributed by atoms with van der Waals surface area (Å²) in [6.45, 7) is 12.6. The molecule has 0 fully saturated rings. The lowest BCUT2D eigenvalue weighted by molar-refractivity contribution is -0.142. The number of carboxylic acid groups (broad SMARTS) is 1. The average molecular weight is 786 g/mol. The maximum absolute atomic E-state index is 14.1. The van der Waals surface area contributed by atoms with Crippen molar-refractivity contribution in [2.75, 3.05) is 0 Å². The molecule has 0 radical (unpaired) electrons. The molecule has 5 amide bonds. The largest absolute Gasteiger partial charge is 0.480 e. The second-order valence-electron chi connectivity index (χ2n) is 16.1. The van der Waals surface area contributed by atoms with Crippen LogP contribution in [0.5, 0.6) is 0 Å². The van der Waals surface area contributed by atoms with Crippen molar-refractivity contribution in [3.63, 3.8) is 0 Å². The van der Waals surface area contributed by atoms with Crippen molar-refractivity contribution >= 4 is 35.7 Å². The van der Waals surface area contributed by atoms with E-state index in [-0.39, 0.29) is 43.9 Å². The SMILES string of the molecule is CC(C)CC(NC(=O)C(Cc1ccccc1)NC(=O)C(CC(C)C)NC(=O)C(Cc1ccccc1)NC(=O)OC(C)(C)C)C(=O)NC(Cc1ccccc1)C(=O)O. The molecule has 13 heteroatoms. The molecular weight excluding hydrogens is 727 g/mol. The standard InChI is InChI=1S/C44H59N5O8/c1-28(2)23-33(46-41(53)36(26-31-19-13-9-14-20-31)49-43(56)57-44(5,6)7)38(50)47-35(25-30-17-11-8-12-18-30)40(52)45-34(24-29(3)4)39(51)48-37(42(54)55)27-32-21-15-10-16-22-32/h8-22,28-29,33-37H,23-27H2,1-7H3,(H,45,52)(H,46,53)(H,47,50)(H,48,51)(H,49,56)(H,54,55). The third-order valence-electron chi connectivity index (χ3n) is 8.78. The molecule has 0 aliphatic rings. The maximum Gasteiger partial charge on any atom is 0.408 e. The summed E-state index contributed by atoms with van der Waals surface area (Å²) >= 11 is 0. The van der Waals surface area contributed by atoms with Crippen LogP contribution in [0.25, 0.3) is 0 Å². The van der Waals surface area contributed by atoms with Gasteiger partial charge in [-0.2, -0.15) is 0 Å². The van der Waals surface area contributed by atoms with E-state index in [0.29, 0.717) is 0 Å². The van der Waals surface area contributed by atoms with Gasteiger partial charge in [0.25, 0.3) is 0 Å².